The summed E-state index contributed by atoms with van der Waals surface area (Å²) in [5.41, 5.74) is 6.77. The van der Waals surface area contributed by atoms with Crippen molar-refractivity contribution in [2.75, 3.05) is 0 Å². The predicted molar refractivity (Wildman–Crippen MR) is 88.1 cm³/mol. The molecule has 0 aliphatic heterocycles. The average Bonchev–Trinajstić information content (AvgIpc) is 2.43. The molecule has 0 amide bonds. The van der Waals surface area contributed by atoms with Gasteiger partial charge in [0.2, 0.25) is 0 Å². The third-order valence-corrected chi connectivity index (χ3v) is 6.97. The molecule has 2 N–H and O–H groups in total. The Hall–Kier alpha value is -0.580. The predicted octanol–water partition coefficient (Wildman–Crippen LogP) is 3.55. The van der Waals surface area contributed by atoms with Crippen molar-refractivity contribution in [2.45, 2.75) is 56.1 Å². The first kappa shape index (κ1) is 16.8. The van der Waals surface area contributed by atoms with Crippen molar-refractivity contribution in [2.24, 2.45) is 11.7 Å². The summed E-state index contributed by atoms with van der Waals surface area (Å²) in [5.74, 6) is 0.477. The van der Waals surface area contributed by atoms with E-state index in [0.29, 0.717) is 22.9 Å². The van der Waals surface area contributed by atoms with Gasteiger partial charge in [-0.05, 0) is 36.8 Å². The van der Waals surface area contributed by atoms with Crippen molar-refractivity contribution < 1.29 is 8.42 Å². The van der Waals surface area contributed by atoms with Gasteiger partial charge in [-0.15, -0.1) is 0 Å². The molecule has 21 heavy (non-hydrogen) atoms. The molecule has 118 valence electrons. The van der Waals surface area contributed by atoms with E-state index < -0.39 is 15.1 Å². The van der Waals surface area contributed by atoms with E-state index in [1.807, 2.05) is 12.1 Å². The second kappa shape index (κ2) is 7.12. The summed E-state index contributed by atoms with van der Waals surface area (Å²) >= 11 is 6.09. The molecule has 3 unspecified atom stereocenters. The fourth-order valence-electron chi connectivity index (χ4n) is 3.26. The van der Waals surface area contributed by atoms with E-state index in [9.17, 15) is 8.42 Å². The number of nitrogens with two attached hydrogens (primary N) is 1. The maximum atomic E-state index is 12.7. The SMILES string of the molecule is CCCC1CCC(N)C(S(=O)(=O)Cc2ccccc2Cl)C1. The first-order valence-corrected chi connectivity index (χ1v) is 9.74. The van der Waals surface area contributed by atoms with E-state index in [1.165, 1.54) is 0 Å². The van der Waals surface area contributed by atoms with Gasteiger partial charge in [0.15, 0.2) is 9.84 Å². The Labute approximate surface area is 132 Å². The topological polar surface area (TPSA) is 60.2 Å². The number of sulfone groups is 1. The Balaban J connectivity index is 2.15. The zero-order chi connectivity index (χ0) is 15.5. The van der Waals surface area contributed by atoms with Gasteiger partial charge >= 0.3 is 0 Å². The molecule has 1 aliphatic carbocycles. The third kappa shape index (κ3) is 4.21. The van der Waals surface area contributed by atoms with Crippen LogP contribution in [0.25, 0.3) is 0 Å². The first-order chi connectivity index (χ1) is 9.94. The standard InChI is InChI=1S/C16H24ClNO2S/c1-2-5-12-8-9-15(18)16(10-12)21(19,20)11-13-6-3-4-7-14(13)17/h3-4,6-7,12,15-16H,2,5,8-11,18H2,1H3. The van der Waals surface area contributed by atoms with Crippen molar-refractivity contribution in [3.63, 3.8) is 0 Å². The van der Waals surface area contributed by atoms with Crippen LogP contribution in [0.2, 0.25) is 5.02 Å². The van der Waals surface area contributed by atoms with Gasteiger partial charge in [0.25, 0.3) is 0 Å². The van der Waals surface area contributed by atoms with Gasteiger partial charge < -0.3 is 5.73 Å². The normalized spacial score (nSPS) is 26.7. The van der Waals surface area contributed by atoms with Gasteiger partial charge in [-0.3, -0.25) is 0 Å². The number of benzene rings is 1. The summed E-state index contributed by atoms with van der Waals surface area (Å²) in [7, 11) is -3.27. The lowest BCUT2D eigenvalue weighted by molar-refractivity contribution is 0.309. The van der Waals surface area contributed by atoms with Crippen molar-refractivity contribution in [3.8, 4) is 0 Å². The number of rotatable bonds is 5. The highest BCUT2D eigenvalue weighted by atomic mass is 35.5. The number of hydrogen-bond acceptors (Lipinski definition) is 3. The van der Waals surface area contributed by atoms with Crippen LogP contribution in [0.1, 0.15) is 44.6 Å². The molecule has 5 heteroatoms. The molecule has 0 spiro atoms. The van der Waals surface area contributed by atoms with E-state index in [0.717, 1.165) is 25.7 Å². The monoisotopic (exact) mass is 329 g/mol. The second-order valence-electron chi connectivity index (χ2n) is 6.07. The summed E-state index contributed by atoms with van der Waals surface area (Å²) in [6, 6.07) is 6.88. The number of hydrogen-bond donors (Lipinski definition) is 1. The van der Waals surface area contributed by atoms with Crippen LogP contribution in [0.4, 0.5) is 0 Å². The average molecular weight is 330 g/mol. The van der Waals surface area contributed by atoms with Crippen LogP contribution < -0.4 is 5.73 Å². The minimum atomic E-state index is -3.27. The smallest absolute Gasteiger partial charge is 0.158 e. The van der Waals surface area contributed by atoms with Crippen LogP contribution in [0.3, 0.4) is 0 Å². The van der Waals surface area contributed by atoms with Gasteiger partial charge in [-0.2, -0.15) is 0 Å². The minimum absolute atomic E-state index is 0.0100. The lowest BCUT2D eigenvalue weighted by Gasteiger charge is -2.33. The molecule has 3 atom stereocenters. The maximum Gasteiger partial charge on any atom is 0.158 e. The maximum absolute atomic E-state index is 12.7. The molecule has 0 saturated heterocycles. The zero-order valence-electron chi connectivity index (χ0n) is 12.5. The molecule has 0 radical (unpaired) electrons. The van der Waals surface area contributed by atoms with Gasteiger partial charge in [-0.1, -0.05) is 49.6 Å². The molecule has 1 fully saturated rings. The van der Waals surface area contributed by atoms with Crippen LogP contribution in [0.5, 0.6) is 0 Å². The highest BCUT2D eigenvalue weighted by Crippen LogP contribution is 2.33. The summed E-state index contributed by atoms with van der Waals surface area (Å²) < 4.78 is 25.5. The quantitative estimate of drug-likeness (QED) is 0.898. The number of halogens is 1. The van der Waals surface area contributed by atoms with Crippen LogP contribution >= 0.6 is 11.6 Å². The van der Waals surface area contributed by atoms with Gasteiger partial charge in [0, 0.05) is 11.1 Å². The van der Waals surface area contributed by atoms with E-state index >= 15 is 0 Å². The third-order valence-electron chi connectivity index (χ3n) is 4.42. The lowest BCUT2D eigenvalue weighted by Crippen LogP contribution is -2.45. The second-order valence-corrected chi connectivity index (χ2v) is 8.70. The minimum Gasteiger partial charge on any atom is -0.327 e. The molecule has 2 rings (SSSR count). The molecule has 0 heterocycles. The van der Waals surface area contributed by atoms with Crippen molar-refractivity contribution in [3.05, 3.63) is 34.9 Å². The van der Waals surface area contributed by atoms with Gasteiger partial charge in [-0.25, -0.2) is 8.42 Å². The molecule has 0 aromatic heterocycles. The highest BCUT2D eigenvalue weighted by molar-refractivity contribution is 7.91. The summed E-state index contributed by atoms with van der Waals surface area (Å²) in [4.78, 5) is 0. The largest absolute Gasteiger partial charge is 0.327 e. The Bertz CT molecular complexity index is 573. The van der Waals surface area contributed by atoms with E-state index in [2.05, 4.69) is 6.92 Å². The van der Waals surface area contributed by atoms with Crippen LogP contribution in [-0.4, -0.2) is 19.7 Å². The van der Waals surface area contributed by atoms with Crippen LogP contribution in [-0.2, 0) is 15.6 Å². The molecule has 0 bridgehead atoms. The zero-order valence-corrected chi connectivity index (χ0v) is 14.0. The Morgan fingerprint density at radius 3 is 2.67 bits per heavy atom. The fraction of sp³-hybridized carbons (Fsp3) is 0.625. The van der Waals surface area contributed by atoms with E-state index in [4.69, 9.17) is 17.3 Å². The van der Waals surface area contributed by atoms with E-state index in [1.54, 1.807) is 12.1 Å². The first-order valence-electron chi connectivity index (χ1n) is 7.64. The molecule has 1 aromatic carbocycles. The van der Waals surface area contributed by atoms with Crippen molar-refractivity contribution in [1.29, 1.82) is 0 Å². The molecular formula is C16H24ClNO2S. The van der Waals surface area contributed by atoms with Gasteiger partial charge in [0.05, 0.1) is 11.0 Å². The Morgan fingerprint density at radius 2 is 2.00 bits per heavy atom. The lowest BCUT2D eigenvalue weighted by atomic mass is 9.83. The Kier molecular flexibility index (Phi) is 5.69. The molecule has 1 saturated carbocycles. The highest BCUT2D eigenvalue weighted by Gasteiger charge is 2.37. The summed E-state index contributed by atoms with van der Waals surface area (Å²) in [5, 5.41) is 0.0784. The molecule has 1 aromatic rings. The summed E-state index contributed by atoms with van der Waals surface area (Å²) in [6.45, 7) is 2.14. The molecule has 1 aliphatic rings. The van der Waals surface area contributed by atoms with Crippen molar-refractivity contribution >= 4 is 21.4 Å². The van der Waals surface area contributed by atoms with Gasteiger partial charge in [0.1, 0.15) is 0 Å². The molecular weight excluding hydrogens is 306 g/mol. The summed E-state index contributed by atoms with van der Waals surface area (Å²) in [6.07, 6.45) is 4.73. The Morgan fingerprint density at radius 1 is 1.29 bits per heavy atom. The van der Waals surface area contributed by atoms with Crippen molar-refractivity contribution in [1.82, 2.24) is 0 Å². The van der Waals surface area contributed by atoms with Crippen LogP contribution in [0, 0.1) is 5.92 Å². The molecule has 3 nitrogen and oxygen atoms in total. The van der Waals surface area contributed by atoms with E-state index in [-0.39, 0.29) is 11.8 Å². The fourth-order valence-corrected chi connectivity index (χ4v) is 5.67. The van der Waals surface area contributed by atoms with Crippen LogP contribution in [0.15, 0.2) is 24.3 Å².